The number of imidazole rings is 1. The number of piperidine rings is 1. The van der Waals surface area contributed by atoms with Gasteiger partial charge in [0.05, 0.1) is 5.92 Å². The van der Waals surface area contributed by atoms with Crippen molar-refractivity contribution in [2.45, 2.75) is 44.6 Å². The van der Waals surface area contributed by atoms with Crippen LogP contribution in [-0.2, 0) is 11.3 Å². The van der Waals surface area contributed by atoms with E-state index in [1.807, 2.05) is 48.4 Å². The van der Waals surface area contributed by atoms with Gasteiger partial charge in [-0.15, -0.1) is 0 Å². The first-order chi connectivity index (χ1) is 13.1. The van der Waals surface area contributed by atoms with E-state index in [0.29, 0.717) is 5.92 Å². The molecule has 3 rings (SSSR count). The second kappa shape index (κ2) is 9.18. The second-order valence-electron chi connectivity index (χ2n) is 7.87. The molecule has 1 saturated heterocycles. The van der Waals surface area contributed by atoms with Gasteiger partial charge in [-0.2, -0.15) is 0 Å². The molecule has 0 spiro atoms. The topological polar surface area (TPSA) is 41.4 Å². The molecule has 1 aromatic carbocycles. The van der Waals surface area contributed by atoms with Crippen LogP contribution in [0.5, 0.6) is 0 Å². The fraction of sp³-hybridized carbons (Fsp3) is 0.545. The van der Waals surface area contributed by atoms with Crippen LogP contribution in [0.1, 0.15) is 49.4 Å². The quantitative estimate of drug-likeness (QED) is 0.753. The van der Waals surface area contributed by atoms with Crippen LogP contribution in [0.15, 0.2) is 42.7 Å². The van der Waals surface area contributed by atoms with Gasteiger partial charge in [-0.1, -0.05) is 30.3 Å². The monoisotopic (exact) mass is 368 g/mol. The number of carbonyl (C=O) groups excluding carboxylic acids is 1. The van der Waals surface area contributed by atoms with Crippen molar-refractivity contribution in [1.29, 1.82) is 0 Å². The van der Waals surface area contributed by atoms with Crippen LogP contribution in [0.25, 0.3) is 0 Å². The SMILES string of the molecule is C[C@H](C(=O)N1CCC(c2nccn2CCCN(C)C)CC1)c1ccccc1. The lowest BCUT2D eigenvalue weighted by molar-refractivity contribution is -0.133. The fourth-order valence-electron chi connectivity index (χ4n) is 3.94. The number of aromatic nitrogens is 2. The highest BCUT2D eigenvalue weighted by Gasteiger charge is 2.29. The Morgan fingerprint density at radius 1 is 1.22 bits per heavy atom. The van der Waals surface area contributed by atoms with Crippen molar-refractivity contribution in [1.82, 2.24) is 19.4 Å². The lowest BCUT2D eigenvalue weighted by Crippen LogP contribution is -2.40. The first-order valence-corrected chi connectivity index (χ1v) is 10.1. The second-order valence-corrected chi connectivity index (χ2v) is 7.87. The Hall–Kier alpha value is -2.14. The zero-order chi connectivity index (χ0) is 19.2. The minimum atomic E-state index is -0.0734. The smallest absolute Gasteiger partial charge is 0.229 e. The van der Waals surface area contributed by atoms with Crippen LogP contribution >= 0.6 is 0 Å². The highest BCUT2D eigenvalue weighted by molar-refractivity contribution is 5.83. The summed E-state index contributed by atoms with van der Waals surface area (Å²) in [7, 11) is 4.22. The summed E-state index contributed by atoms with van der Waals surface area (Å²) in [5.74, 6) is 1.82. The molecule has 0 N–H and O–H groups in total. The number of aryl methyl sites for hydroxylation is 1. The van der Waals surface area contributed by atoms with E-state index in [0.717, 1.165) is 51.0 Å². The minimum absolute atomic E-state index is 0.0734. The third-order valence-corrected chi connectivity index (χ3v) is 5.59. The summed E-state index contributed by atoms with van der Waals surface area (Å²) in [4.78, 5) is 21.8. The summed E-state index contributed by atoms with van der Waals surface area (Å²) < 4.78 is 2.30. The van der Waals surface area contributed by atoms with Crippen LogP contribution in [0.4, 0.5) is 0 Å². The van der Waals surface area contributed by atoms with Gasteiger partial charge in [0.15, 0.2) is 0 Å². The van der Waals surface area contributed by atoms with Gasteiger partial charge in [0, 0.05) is 37.9 Å². The first kappa shape index (κ1) is 19.6. The lowest BCUT2D eigenvalue weighted by Gasteiger charge is -2.33. The molecule has 0 saturated carbocycles. The highest BCUT2D eigenvalue weighted by Crippen LogP contribution is 2.29. The average Bonchev–Trinajstić information content (AvgIpc) is 3.16. The Labute approximate surface area is 163 Å². The zero-order valence-electron chi connectivity index (χ0n) is 16.8. The molecule has 0 aliphatic carbocycles. The molecule has 1 fully saturated rings. The van der Waals surface area contributed by atoms with E-state index in [4.69, 9.17) is 0 Å². The molecule has 146 valence electrons. The van der Waals surface area contributed by atoms with Gasteiger partial charge >= 0.3 is 0 Å². The molecule has 1 aliphatic heterocycles. The van der Waals surface area contributed by atoms with Crippen LogP contribution in [0.3, 0.4) is 0 Å². The fourth-order valence-corrected chi connectivity index (χ4v) is 3.94. The molecular formula is C22H32N4O. The predicted octanol–water partition coefficient (Wildman–Crippen LogP) is 3.34. The van der Waals surface area contributed by atoms with Crippen LogP contribution in [0.2, 0.25) is 0 Å². The van der Waals surface area contributed by atoms with Gasteiger partial charge in [-0.3, -0.25) is 4.79 Å². The normalized spacial score (nSPS) is 16.7. The van der Waals surface area contributed by atoms with E-state index in [2.05, 4.69) is 34.7 Å². The number of nitrogens with zero attached hydrogens (tertiary/aromatic N) is 4. The van der Waals surface area contributed by atoms with E-state index >= 15 is 0 Å². The molecule has 0 unspecified atom stereocenters. The summed E-state index contributed by atoms with van der Waals surface area (Å²) in [5, 5.41) is 0. The van der Waals surface area contributed by atoms with Crippen molar-refractivity contribution in [3.63, 3.8) is 0 Å². The molecule has 1 aromatic heterocycles. The van der Waals surface area contributed by atoms with Crippen molar-refractivity contribution in [2.75, 3.05) is 33.7 Å². The predicted molar refractivity (Wildman–Crippen MR) is 109 cm³/mol. The number of hydrogen-bond donors (Lipinski definition) is 0. The first-order valence-electron chi connectivity index (χ1n) is 10.1. The number of rotatable bonds is 7. The van der Waals surface area contributed by atoms with Gasteiger partial charge in [0.2, 0.25) is 5.91 Å². The summed E-state index contributed by atoms with van der Waals surface area (Å²) in [6.45, 7) is 5.76. The summed E-state index contributed by atoms with van der Waals surface area (Å²) in [6, 6.07) is 10.1. The van der Waals surface area contributed by atoms with Crippen molar-refractivity contribution in [3.05, 3.63) is 54.1 Å². The van der Waals surface area contributed by atoms with Gasteiger partial charge in [0.25, 0.3) is 0 Å². The molecule has 1 amide bonds. The Balaban J connectivity index is 1.55. The average molecular weight is 369 g/mol. The Morgan fingerprint density at radius 3 is 2.59 bits per heavy atom. The van der Waals surface area contributed by atoms with Gasteiger partial charge in [-0.25, -0.2) is 4.98 Å². The van der Waals surface area contributed by atoms with Crippen LogP contribution in [-0.4, -0.2) is 59.0 Å². The van der Waals surface area contributed by atoms with Crippen LogP contribution < -0.4 is 0 Å². The van der Waals surface area contributed by atoms with E-state index in [9.17, 15) is 4.79 Å². The molecule has 0 bridgehead atoms. The molecule has 2 heterocycles. The minimum Gasteiger partial charge on any atom is -0.342 e. The third-order valence-electron chi connectivity index (χ3n) is 5.59. The Kier molecular flexibility index (Phi) is 6.67. The summed E-state index contributed by atoms with van der Waals surface area (Å²) >= 11 is 0. The van der Waals surface area contributed by atoms with Crippen molar-refractivity contribution >= 4 is 5.91 Å². The standard InChI is InChI=1S/C22H32N4O/c1-18(19-8-5-4-6-9-19)22(27)26-15-10-20(11-16-26)21-23-12-17-25(21)14-7-13-24(2)3/h4-6,8-9,12,17-18,20H,7,10-11,13-16H2,1-3H3/t18-/m0/s1. The van der Waals surface area contributed by atoms with Gasteiger partial charge < -0.3 is 14.4 Å². The van der Waals surface area contributed by atoms with E-state index < -0.39 is 0 Å². The number of likely N-dealkylation sites (tertiary alicyclic amines) is 1. The number of carbonyl (C=O) groups is 1. The molecule has 1 atom stereocenters. The molecule has 1 aliphatic rings. The maximum absolute atomic E-state index is 12.9. The molecule has 5 nitrogen and oxygen atoms in total. The van der Waals surface area contributed by atoms with E-state index in [1.54, 1.807) is 0 Å². The lowest BCUT2D eigenvalue weighted by atomic mass is 9.93. The Morgan fingerprint density at radius 2 is 1.93 bits per heavy atom. The number of benzene rings is 1. The maximum Gasteiger partial charge on any atom is 0.229 e. The summed E-state index contributed by atoms with van der Waals surface area (Å²) in [5.41, 5.74) is 1.10. The van der Waals surface area contributed by atoms with Crippen molar-refractivity contribution in [3.8, 4) is 0 Å². The maximum atomic E-state index is 12.9. The zero-order valence-corrected chi connectivity index (χ0v) is 16.8. The summed E-state index contributed by atoms with van der Waals surface area (Å²) in [6.07, 6.45) is 7.14. The molecule has 27 heavy (non-hydrogen) atoms. The molecule has 2 aromatic rings. The van der Waals surface area contributed by atoms with Crippen molar-refractivity contribution in [2.24, 2.45) is 0 Å². The number of hydrogen-bond acceptors (Lipinski definition) is 3. The van der Waals surface area contributed by atoms with E-state index in [-0.39, 0.29) is 11.8 Å². The van der Waals surface area contributed by atoms with E-state index in [1.165, 1.54) is 5.82 Å². The van der Waals surface area contributed by atoms with Crippen molar-refractivity contribution < 1.29 is 4.79 Å². The highest BCUT2D eigenvalue weighted by atomic mass is 16.2. The molecule has 5 heteroatoms. The van der Waals surface area contributed by atoms with Crippen LogP contribution in [0, 0.1) is 0 Å². The Bertz CT molecular complexity index is 717. The van der Waals surface area contributed by atoms with Gasteiger partial charge in [-0.05, 0) is 52.4 Å². The molecule has 0 radical (unpaired) electrons. The number of amides is 1. The van der Waals surface area contributed by atoms with Gasteiger partial charge in [0.1, 0.15) is 5.82 Å². The third kappa shape index (κ3) is 4.98. The largest absolute Gasteiger partial charge is 0.342 e. The molecular weight excluding hydrogens is 336 g/mol.